The summed E-state index contributed by atoms with van der Waals surface area (Å²) in [5.41, 5.74) is -0.738. The highest BCUT2D eigenvalue weighted by molar-refractivity contribution is 9.10. The highest BCUT2D eigenvalue weighted by Gasteiger charge is 2.10. The summed E-state index contributed by atoms with van der Waals surface area (Å²) in [4.78, 5) is 47.6. The van der Waals surface area contributed by atoms with Gasteiger partial charge in [-0.1, -0.05) is 22.0 Å². The monoisotopic (exact) mass is 381 g/mol. The fourth-order valence-electron chi connectivity index (χ4n) is 1.66. The standard InChI is InChI=1S/C14H12BrN3O5/c15-9-2-1-3-10(6-9)16-12(20)8-23-13(21)7-18-5-4-11(19)17-14(18)22/h1-6H,7-8H2,(H,16,20)(H,17,19,22). The third kappa shape index (κ3) is 5.22. The van der Waals surface area contributed by atoms with Crippen molar-refractivity contribution < 1.29 is 14.3 Å². The van der Waals surface area contributed by atoms with E-state index < -0.39 is 36.3 Å². The van der Waals surface area contributed by atoms with Gasteiger partial charge in [-0.3, -0.25) is 23.9 Å². The van der Waals surface area contributed by atoms with Gasteiger partial charge in [0.1, 0.15) is 6.54 Å². The lowest BCUT2D eigenvalue weighted by atomic mass is 10.3. The minimum absolute atomic E-state index is 0.403. The van der Waals surface area contributed by atoms with Crippen molar-refractivity contribution in [2.75, 3.05) is 11.9 Å². The third-order valence-corrected chi connectivity index (χ3v) is 3.16. The number of amides is 1. The second-order valence-electron chi connectivity index (χ2n) is 4.46. The first-order valence-corrected chi connectivity index (χ1v) is 7.24. The number of carbonyl (C=O) groups excluding carboxylic acids is 2. The summed E-state index contributed by atoms with van der Waals surface area (Å²) in [5.74, 6) is -1.28. The Morgan fingerprint density at radius 1 is 1.26 bits per heavy atom. The highest BCUT2D eigenvalue weighted by atomic mass is 79.9. The summed E-state index contributed by atoms with van der Waals surface area (Å²) < 4.78 is 6.55. The Morgan fingerprint density at radius 3 is 2.74 bits per heavy atom. The van der Waals surface area contributed by atoms with Crippen LogP contribution in [0.15, 0.2) is 50.6 Å². The number of nitrogens with zero attached hydrogens (tertiary/aromatic N) is 1. The molecule has 120 valence electrons. The first kappa shape index (κ1) is 16.7. The molecule has 1 amide bonds. The number of H-pyrrole nitrogens is 1. The van der Waals surface area contributed by atoms with E-state index in [2.05, 4.69) is 21.2 Å². The molecule has 2 N–H and O–H groups in total. The maximum absolute atomic E-state index is 11.7. The molecule has 0 bridgehead atoms. The zero-order chi connectivity index (χ0) is 16.8. The molecule has 2 aromatic rings. The minimum atomic E-state index is -0.774. The van der Waals surface area contributed by atoms with E-state index in [1.54, 1.807) is 24.3 Å². The Morgan fingerprint density at radius 2 is 2.04 bits per heavy atom. The molecule has 0 unspecified atom stereocenters. The van der Waals surface area contributed by atoms with Crippen molar-refractivity contribution in [3.63, 3.8) is 0 Å². The summed E-state index contributed by atoms with van der Waals surface area (Å²) >= 11 is 3.27. The molecule has 1 heterocycles. The molecule has 1 aromatic carbocycles. The number of halogens is 1. The van der Waals surface area contributed by atoms with Gasteiger partial charge in [-0.15, -0.1) is 0 Å². The van der Waals surface area contributed by atoms with Crippen LogP contribution in [0.5, 0.6) is 0 Å². The van der Waals surface area contributed by atoms with Crippen molar-refractivity contribution in [2.45, 2.75) is 6.54 Å². The number of aromatic nitrogens is 2. The Kier molecular flexibility index (Phi) is 5.47. The van der Waals surface area contributed by atoms with Crippen molar-refractivity contribution in [3.8, 4) is 0 Å². The fraction of sp³-hybridized carbons (Fsp3) is 0.143. The van der Waals surface area contributed by atoms with Crippen LogP contribution in [0.3, 0.4) is 0 Å². The van der Waals surface area contributed by atoms with Gasteiger partial charge in [0.2, 0.25) is 0 Å². The Labute approximate surface area is 138 Å². The molecule has 0 saturated carbocycles. The van der Waals surface area contributed by atoms with Crippen molar-refractivity contribution in [3.05, 3.63) is 61.8 Å². The predicted octanol–water partition coefficient (Wildman–Crippen LogP) is 0.481. The number of nitrogens with one attached hydrogen (secondary N) is 2. The number of ether oxygens (including phenoxy) is 1. The Balaban J connectivity index is 1.85. The average molecular weight is 382 g/mol. The Hall–Kier alpha value is -2.68. The lowest BCUT2D eigenvalue weighted by molar-refractivity contribution is -0.148. The average Bonchev–Trinajstić information content (AvgIpc) is 2.48. The topological polar surface area (TPSA) is 110 Å². The molecule has 2 rings (SSSR count). The number of rotatable bonds is 5. The molecule has 0 spiro atoms. The van der Waals surface area contributed by atoms with Crippen molar-refractivity contribution >= 4 is 33.5 Å². The highest BCUT2D eigenvalue weighted by Crippen LogP contribution is 2.15. The molecule has 0 aliphatic rings. The van der Waals surface area contributed by atoms with Crippen LogP contribution in [0.2, 0.25) is 0 Å². The number of esters is 1. The van der Waals surface area contributed by atoms with E-state index in [4.69, 9.17) is 4.74 Å². The van der Waals surface area contributed by atoms with Crippen molar-refractivity contribution in [1.29, 1.82) is 0 Å². The van der Waals surface area contributed by atoms with Gasteiger partial charge >= 0.3 is 11.7 Å². The maximum atomic E-state index is 11.7. The van der Waals surface area contributed by atoms with Crippen LogP contribution in [0, 0.1) is 0 Å². The van der Waals surface area contributed by atoms with Crippen LogP contribution >= 0.6 is 15.9 Å². The van der Waals surface area contributed by atoms with E-state index in [1.807, 2.05) is 4.98 Å². The van der Waals surface area contributed by atoms with E-state index in [0.29, 0.717) is 5.69 Å². The van der Waals surface area contributed by atoms with E-state index in [1.165, 1.54) is 6.20 Å². The van der Waals surface area contributed by atoms with Gasteiger partial charge in [-0.2, -0.15) is 0 Å². The lowest BCUT2D eigenvalue weighted by Gasteiger charge is -2.07. The van der Waals surface area contributed by atoms with E-state index in [0.717, 1.165) is 15.1 Å². The zero-order valence-electron chi connectivity index (χ0n) is 11.7. The summed E-state index contributed by atoms with van der Waals surface area (Å²) in [7, 11) is 0. The number of hydrogen-bond donors (Lipinski definition) is 2. The molecular weight excluding hydrogens is 370 g/mol. The van der Waals surface area contributed by atoms with E-state index in [-0.39, 0.29) is 0 Å². The number of carbonyl (C=O) groups is 2. The van der Waals surface area contributed by atoms with Crippen LogP contribution in [0.25, 0.3) is 0 Å². The largest absolute Gasteiger partial charge is 0.454 e. The van der Waals surface area contributed by atoms with E-state index >= 15 is 0 Å². The van der Waals surface area contributed by atoms with Gasteiger partial charge in [0.05, 0.1) is 0 Å². The number of benzene rings is 1. The summed E-state index contributed by atoms with van der Waals surface area (Å²) in [6, 6.07) is 8.03. The number of aromatic amines is 1. The van der Waals surface area contributed by atoms with Gasteiger partial charge in [-0.05, 0) is 18.2 Å². The second kappa shape index (κ2) is 7.54. The molecular formula is C14H12BrN3O5. The van der Waals surface area contributed by atoms with Crippen molar-refractivity contribution in [1.82, 2.24) is 9.55 Å². The third-order valence-electron chi connectivity index (χ3n) is 2.67. The van der Waals surface area contributed by atoms with E-state index in [9.17, 15) is 19.2 Å². The first-order valence-electron chi connectivity index (χ1n) is 6.45. The summed E-state index contributed by atoms with van der Waals surface area (Å²) in [6.07, 6.45) is 1.17. The predicted molar refractivity (Wildman–Crippen MR) is 85.1 cm³/mol. The van der Waals surface area contributed by atoms with Crippen LogP contribution < -0.4 is 16.6 Å². The fourth-order valence-corrected chi connectivity index (χ4v) is 2.06. The van der Waals surface area contributed by atoms with Crippen LogP contribution in [0.4, 0.5) is 5.69 Å². The van der Waals surface area contributed by atoms with Crippen molar-refractivity contribution in [2.24, 2.45) is 0 Å². The molecule has 0 saturated heterocycles. The van der Waals surface area contributed by atoms with Gasteiger partial charge in [-0.25, -0.2) is 4.79 Å². The number of hydrogen-bond acceptors (Lipinski definition) is 5. The summed E-state index contributed by atoms with van der Waals surface area (Å²) in [5, 5.41) is 2.56. The normalized spacial score (nSPS) is 10.1. The zero-order valence-corrected chi connectivity index (χ0v) is 13.3. The van der Waals surface area contributed by atoms with Crippen LogP contribution in [0.1, 0.15) is 0 Å². The number of anilines is 1. The molecule has 0 aliphatic carbocycles. The molecule has 9 heteroatoms. The second-order valence-corrected chi connectivity index (χ2v) is 5.37. The molecule has 0 atom stereocenters. The molecule has 0 aliphatic heterocycles. The Bertz CT molecular complexity index is 843. The minimum Gasteiger partial charge on any atom is -0.454 e. The molecule has 0 radical (unpaired) electrons. The maximum Gasteiger partial charge on any atom is 0.328 e. The molecule has 1 aromatic heterocycles. The van der Waals surface area contributed by atoms with Gasteiger partial charge < -0.3 is 10.1 Å². The van der Waals surface area contributed by atoms with Crippen LogP contribution in [-0.4, -0.2) is 28.0 Å². The van der Waals surface area contributed by atoms with Gasteiger partial charge in [0.25, 0.3) is 11.5 Å². The molecule has 8 nitrogen and oxygen atoms in total. The smallest absolute Gasteiger partial charge is 0.328 e. The molecule has 0 fully saturated rings. The quantitative estimate of drug-likeness (QED) is 0.731. The van der Waals surface area contributed by atoms with Gasteiger partial charge in [0, 0.05) is 22.4 Å². The lowest BCUT2D eigenvalue weighted by Crippen LogP contribution is -2.32. The van der Waals surface area contributed by atoms with Crippen LogP contribution in [-0.2, 0) is 20.9 Å². The summed E-state index contributed by atoms with van der Waals surface area (Å²) in [6.45, 7) is -0.886. The first-order chi connectivity index (χ1) is 10.9. The van der Waals surface area contributed by atoms with Gasteiger partial charge in [0.15, 0.2) is 6.61 Å². The SMILES string of the molecule is O=C(COC(=O)Cn1ccc(=O)[nH]c1=O)Nc1cccc(Br)c1. The molecule has 23 heavy (non-hydrogen) atoms.